The van der Waals surface area contributed by atoms with Gasteiger partial charge < -0.3 is 14.8 Å². The first-order valence-corrected chi connectivity index (χ1v) is 11.8. The van der Waals surface area contributed by atoms with Crippen molar-refractivity contribution in [3.8, 4) is 11.5 Å². The van der Waals surface area contributed by atoms with Gasteiger partial charge in [-0.15, -0.1) is 0 Å². The number of benzene rings is 3. The molecule has 0 aliphatic carbocycles. The van der Waals surface area contributed by atoms with Crippen LogP contribution in [0.1, 0.15) is 16.7 Å². The third-order valence-electron chi connectivity index (χ3n) is 5.27. The monoisotopic (exact) mass is 506 g/mol. The van der Waals surface area contributed by atoms with Gasteiger partial charge in [-0.25, -0.2) is 4.39 Å². The number of rotatable bonds is 8. The predicted octanol–water partition coefficient (Wildman–Crippen LogP) is 5.40. The van der Waals surface area contributed by atoms with E-state index in [-0.39, 0.29) is 29.8 Å². The Morgan fingerprint density at radius 3 is 2.56 bits per heavy atom. The number of anilines is 1. The lowest BCUT2D eigenvalue weighted by Gasteiger charge is -2.12. The Morgan fingerprint density at radius 1 is 1.06 bits per heavy atom. The second-order valence-corrected chi connectivity index (χ2v) is 9.00. The lowest BCUT2D eigenvalue weighted by atomic mass is 10.1. The smallest absolute Gasteiger partial charge is 0.293 e. The number of carbonyl (C=O) groups is 3. The largest absolute Gasteiger partial charge is 0.493 e. The summed E-state index contributed by atoms with van der Waals surface area (Å²) in [6, 6.07) is 18.1. The number of hydrogen-bond donors (Lipinski definition) is 1. The van der Waals surface area contributed by atoms with Gasteiger partial charge in [-0.1, -0.05) is 30.3 Å². The third-order valence-corrected chi connectivity index (χ3v) is 6.18. The molecule has 184 valence electrons. The van der Waals surface area contributed by atoms with Crippen molar-refractivity contribution >= 4 is 40.6 Å². The third kappa shape index (κ3) is 6.11. The number of ether oxygens (including phenoxy) is 2. The van der Waals surface area contributed by atoms with E-state index in [1.807, 2.05) is 25.1 Å². The van der Waals surface area contributed by atoms with E-state index >= 15 is 0 Å². The summed E-state index contributed by atoms with van der Waals surface area (Å²) in [6.07, 6.45) is 1.59. The molecule has 1 heterocycles. The van der Waals surface area contributed by atoms with Gasteiger partial charge in [0.1, 0.15) is 5.82 Å². The number of methoxy groups -OCH3 is 1. The van der Waals surface area contributed by atoms with Crippen molar-refractivity contribution in [1.29, 1.82) is 0 Å². The number of hydrogen-bond acceptors (Lipinski definition) is 6. The van der Waals surface area contributed by atoms with E-state index in [2.05, 4.69) is 5.32 Å². The van der Waals surface area contributed by atoms with Gasteiger partial charge in [0.2, 0.25) is 0 Å². The van der Waals surface area contributed by atoms with Crippen molar-refractivity contribution in [2.24, 2.45) is 0 Å². The van der Waals surface area contributed by atoms with Gasteiger partial charge in [-0.3, -0.25) is 19.3 Å². The van der Waals surface area contributed by atoms with Gasteiger partial charge in [0.25, 0.3) is 17.1 Å². The first-order chi connectivity index (χ1) is 17.3. The van der Waals surface area contributed by atoms with Gasteiger partial charge in [-0.05, 0) is 77.9 Å². The molecule has 1 aliphatic heterocycles. The molecule has 0 unspecified atom stereocenters. The van der Waals surface area contributed by atoms with Crippen molar-refractivity contribution in [2.45, 2.75) is 13.5 Å². The van der Waals surface area contributed by atoms with Crippen LogP contribution in [-0.4, -0.2) is 35.7 Å². The zero-order valence-corrected chi connectivity index (χ0v) is 20.4. The number of halogens is 1. The summed E-state index contributed by atoms with van der Waals surface area (Å²) in [5.41, 5.74) is 2.98. The standard InChI is InChI=1S/C27H23FN2O5S/c1-17-4-3-5-21(12-17)29-25(31)16-35-22-11-8-19(13-23(22)34-2)14-24-26(32)30(27(33)36-24)15-18-6-9-20(28)10-7-18/h3-14H,15-16H2,1-2H3,(H,29,31)/b24-14-. The van der Waals surface area contributed by atoms with Gasteiger partial charge in [-0.2, -0.15) is 0 Å². The molecule has 1 fully saturated rings. The number of carbonyl (C=O) groups excluding carboxylic acids is 3. The van der Waals surface area contributed by atoms with Gasteiger partial charge in [0.05, 0.1) is 18.6 Å². The summed E-state index contributed by atoms with van der Waals surface area (Å²) >= 11 is 0.832. The van der Waals surface area contributed by atoms with E-state index < -0.39 is 11.1 Å². The van der Waals surface area contributed by atoms with Crippen molar-refractivity contribution in [3.63, 3.8) is 0 Å². The highest BCUT2D eigenvalue weighted by atomic mass is 32.2. The Balaban J connectivity index is 1.41. The van der Waals surface area contributed by atoms with Crippen molar-refractivity contribution in [3.05, 3.63) is 94.1 Å². The summed E-state index contributed by atoms with van der Waals surface area (Å²) in [5, 5.41) is 2.37. The van der Waals surface area contributed by atoms with E-state index in [4.69, 9.17) is 9.47 Å². The van der Waals surface area contributed by atoms with Gasteiger partial charge in [0.15, 0.2) is 18.1 Å². The molecular weight excluding hydrogens is 483 g/mol. The minimum Gasteiger partial charge on any atom is -0.493 e. The molecule has 0 atom stereocenters. The van der Waals surface area contributed by atoms with Crippen molar-refractivity contribution < 1.29 is 28.2 Å². The fourth-order valence-corrected chi connectivity index (χ4v) is 4.35. The van der Waals surface area contributed by atoms with Crippen molar-refractivity contribution in [2.75, 3.05) is 19.0 Å². The highest BCUT2D eigenvalue weighted by Crippen LogP contribution is 2.35. The second-order valence-electron chi connectivity index (χ2n) is 8.01. The normalized spacial score (nSPS) is 14.3. The maximum Gasteiger partial charge on any atom is 0.293 e. The number of nitrogens with one attached hydrogen (secondary N) is 1. The van der Waals surface area contributed by atoms with Crippen LogP contribution in [0.2, 0.25) is 0 Å². The molecule has 3 aromatic carbocycles. The maximum absolute atomic E-state index is 13.1. The molecular formula is C27H23FN2O5S. The molecule has 0 aromatic heterocycles. The van der Waals surface area contributed by atoms with Crippen LogP contribution in [0.5, 0.6) is 11.5 Å². The highest BCUT2D eigenvalue weighted by Gasteiger charge is 2.35. The molecule has 0 radical (unpaired) electrons. The van der Waals surface area contributed by atoms with Crippen LogP contribution in [0.15, 0.2) is 71.6 Å². The van der Waals surface area contributed by atoms with Gasteiger partial charge in [0, 0.05) is 5.69 Å². The molecule has 3 amide bonds. The average Bonchev–Trinajstić information content (AvgIpc) is 3.11. The van der Waals surface area contributed by atoms with Crippen LogP contribution in [-0.2, 0) is 16.1 Å². The molecule has 0 spiro atoms. The average molecular weight is 507 g/mol. The topological polar surface area (TPSA) is 84.9 Å². The Morgan fingerprint density at radius 2 is 1.83 bits per heavy atom. The minimum atomic E-state index is -0.429. The van der Waals surface area contributed by atoms with E-state index in [0.717, 1.165) is 22.2 Å². The molecule has 1 aliphatic rings. The summed E-state index contributed by atoms with van der Waals surface area (Å²) in [4.78, 5) is 38.8. The van der Waals surface area contributed by atoms with Gasteiger partial charge >= 0.3 is 0 Å². The van der Waals surface area contributed by atoms with Crippen LogP contribution in [0.4, 0.5) is 14.9 Å². The zero-order chi connectivity index (χ0) is 25.7. The Kier molecular flexibility index (Phi) is 7.70. The zero-order valence-electron chi connectivity index (χ0n) is 19.6. The molecule has 7 nitrogen and oxygen atoms in total. The molecule has 0 bridgehead atoms. The number of amides is 3. The van der Waals surface area contributed by atoms with Crippen LogP contribution in [0, 0.1) is 12.7 Å². The number of thioether (sulfide) groups is 1. The summed E-state index contributed by atoms with van der Waals surface area (Å²) in [5.74, 6) is -0.403. The Hall–Kier alpha value is -4.11. The Labute approximate surface area is 211 Å². The number of imide groups is 1. The quantitative estimate of drug-likeness (QED) is 0.412. The van der Waals surface area contributed by atoms with E-state index in [9.17, 15) is 18.8 Å². The molecule has 0 saturated carbocycles. The first kappa shape index (κ1) is 25.0. The van der Waals surface area contributed by atoms with Crippen LogP contribution < -0.4 is 14.8 Å². The minimum absolute atomic E-state index is 0.0585. The molecule has 9 heteroatoms. The molecule has 1 saturated heterocycles. The lowest BCUT2D eigenvalue weighted by Crippen LogP contribution is -2.27. The molecule has 3 aromatic rings. The second kappa shape index (κ2) is 11.1. The predicted molar refractivity (Wildman–Crippen MR) is 136 cm³/mol. The fourth-order valence-electron chi connectivity index (χ4n) is 3.52. The van der Waals surface area contributed by atoms with Crippen LogP contribution in [0.3, 0.4) is 0 Å². The van der Waals surface area contributed by atoms with E-state index in [1.165, 1.54) is 31.4 Å². The van der Waals surface area contributed by atoms with E-state index in [1.54, 1.807) is 30.3 Å². The fraction of sp³-hybridized carbons (Fsp3) is 0.148. The molecule has 1 N–H and O–H groups in total. The number of nitrogens with zero attached hydrogens (tertiary/aromatic N) is 1. The van der Waals surface area contributed by atoms with Crippen LogP contribution >= 0.6 is 11.8 Å². The summed E-state index contributed by atoms with van der Waals surface area (Å²) in [6.45, 7) is 1.78. The first-order valence-electron chi connectivity index (χ1n) is 11.0. The Bertz CT molecular complexity index is 1340. The lowest BCUT2D eigenvalue weighted by molar-refractivity contribution is -0.123. The highest BCUT2D eigenvalue weighted by molar-refractivity contribution is 8.18. The maximum atomic E-state index is 13.1. The van der Waals surface area contributed by atoms with Crippen molar-refractivity contribution in [1.82, 2.24) is 4.90 Å². The van der Waals surface area contributed by atoms with Crippen LogP contribution in [0.25, 0.3) is 6.08 Å². The molecule has 36 heavy (non-hydrogen) atoms. The summed E-state index contributed by atoms with van der Waals surface area (Å²) < 4.78 is 24.2. The SMILES string of the molecule is COc1cc(/C=C2\SC(=O)N(Cc3ccc(F)cc3)C2=O)ccc1OCC(=O)Nc1cccc(C)c1. The summed E-state index contributed by atoms with van der Waals surface area (Å²) in [7, 11) is 1.47. The van der Waals surface area contributed by atoms with E-state index in [0.29, 0.717) is 28.3 Å². The molecule has 4 rings (SSSR count). The number of aryl methyl sites for hydroxylation is 1.